The summed E-state index contributed by atoms with van der Waals surface area (Å²) in [6.45, 7) is 1.40. The van der Waals surface area contributed by atoms with E-state index in [0.717, 1.165) is 10.9 Å². The van der Waals surface area contributed by atoms with Crippen LogP contribution in [0.5, 0.6) is 0 Å². The Balaban J connectivity index is 2.72. The van der Waals surface area contributed by atoms with Crippen molar-refractivity contribution < 1.29 is 9.59 Å². The van der Waals surface area contributed by atoms with E-state index in [-0.39, 0.29) is 18.0 Å². The molecule has 0 aliphatic carbocycles. The summed E-state index contributed by atoms with van der Waals surface area (Å²) >= 11 is 1.54. The highest BCUT2D eigenvalue weighted by Crippen LogP contribution is 2.14. The monoisotopic (exact) mass is 238 g/mol. The Morgan fingerprint density at radius 3 is 2.75 bits per heavy atom. The fourth-order valence-corrected chi connectivity index (χ4v) is 1.77. The second-order valence-corrected chi connectivity index (χ2v) is 4.18. The molecular formula is C11H14N2O2S. The first-order valence-electron chi connectivity index (χ1n) is 4.80. The number of hydrogen-bond donors (Lipinski definition) is 0. The number of allylic oxidation sites excluding steroid dienone is 1. The van der Waals surface area contributed by atoms with E-state index in [1.54, 1.807) is 24.0 Å². The van der Waals surface area contributed by atoms with Crippen LogP contribution in [0.2, 0.25) is 0 Å². The molecule has 0 aromatic carbocycles. The summed E-state index contributed by atoms with van der Waals surface area (Å²) in [7, 11) is 1.88. The van der Waals surface area contributed by atoms with Crippen molar-refractivity contribution in [2.45, 2.75) is 18.5 Å². The number of nitrogens with zero attached hydrogens (tertiary/aromatic N) is 2. The third-order valence-electron chi connectivity index (χ3n) is 2.03. The summed E-state index contributed by atoms with van der Waals surface area (Å²) in [6.07, 6.45) is 6.70. The van der Waals surface area contributed by atoms with Crippen molar-refractivity contribution in [1.29, 1.82) is 0 Å². The zero-order valence-corrected chi connectivity index (χ0v) is 10.4. The maximum atomic E-state index is 11.3. The highest BCUT2D eigenvalue weighted by molar-refractivity contribution is 7.98. The number of hydrogen-bond acceptors (Lipinski definition) is 4. The molecule has 5 heteroatoms. The zero-order valence-electron chi connectivity index (χ0n) is 9.56. The van der Waals surface area contributed by atoms with Gasteiger partial charge < -0.3 is 4.57 Å². The van der Waals surface area contributed by atoms with Crippen LogP contribution in [-0.2, 0) is 16.6 Å². The summed E-state index contributed by atoms with van der Waals surface area (Å²) in [5.74, 6) is -0.302. The Labute approximate surface area is 98.7 Å². The summed E-state index contributed by atoms with van der Waals surface area (Å²) in [4.78, 5) is 26.1. The second-order valence-electron chi connectivity index (χ2n) is 3.41. The molecule has 0 aliphatic rings. The summed E-state index contributed by atoms with van der Waals surface area (Å²) in [5, 5.41) is 0.888. The number of thioether (sulfide) groups is 1. The van der Waals surface area contributed by atoms with Crippen LogP contribution in [0.1, 0.15) is 19.0 Å². The molecule has 86 valence electrons. The van der Waals surface area contributed by atoms with E-state index < -0.39 is 0 Å². The molecule has 1 aromatic heterocycles. The predicted molar refractivity (Wildman–Crippen MR) is 64.3 cm³/mol. The van der Waals surface area contributed by atoms with E-state index in [1.165, 1.54) is 13.0 Å². The molecule has 0 amide bonds. The molecule has 0 unspecified atom stereocenters. The normalized spacial score (nSPS) is 10.9. The van der Waals surface area contributed by atoms with Gasteiger partial charge in [0.2, 0.25) is 0 Å². The standard InChI is InChI=1S/C11H14N2O2S/c1-8(14)6-10(15)5-4-9-7-12-11(16-3)13(9)2/h4-5,7H,6H2,1-3H3. The molecule has 0 radical (unpaired) electrons. The lowest BCUT2D eigenvalue weighted by Gasteiger charge is -1.98. The molecule has 0 fully saturated rings. The molecule has 0 saturated heterocycles. The Bertz CT molecular complexity index is 435. The van der Waals surface area contributed by atoms with Crippen molar-refractivity contribution in [2.75, 3.05) is 6.26 Å². The summed E-state index contributed by atoms with van der Waals surface area (Å²) in [5.41, 5.74) is 0.848. The van der Waals surface area contributed by atoms with E-state index in [1.807, 2.05) is 17.9 Å². The van der Waals surface area contributed by atoms with Crippen molar-refractivity contribution in [3.63, 3.8) is 0 Å². The van der Waals surface area contributed by atoms with Crippen LogP contribution in [0.15, 0.2) is 17.4 Å². The minimum absolute atomic E-state index is 0.0380. The van der Waals surface area contributed by atoms with Gasteiger partial charge in [-0.25, -0.2) is 4.98 Å². The van der Waals surface area contributed by atoms with Gasteiger partial charge in [-0.3, -0.25) is 9.59 Å². The maximum absolute atomic E-state index is 11.3. The molecule has 0 atom stereocenters. The molecular weight excluding hydrogens is 224 g/mol. The molecule has 1 rings (SSSR count). The first-order chi connectivity index (χ1) is 7.54. The zero-order chi connectivity index (χ0) is 12.1. The maximum Gasteiger partial charge on any atom is 0.167 e. The van der Waals surface area contributed by atoms with Crippen molar-refractivity contribution in [3.05, 3.63) is 18.0 Å². The minimum Gasteiger partial charge on any atom is -0.323 e. The number of aromatic nitrogens is 2. The Morgan fingerprint density at radius 1 is 1.56 bits per heavy atom. The first-order valence-corrected chi connectivity index (χ1v) is 6.03. The molecule has 1 aromatic rings. The van der Waals surface area contributed by atoms with Gasteiger partial charge in [-0.1, -0.05) is 11.8 Å². The molecule has 16 heavy (non-hydrogen) atoms. The van der Waals surface area contributed by atoms with Crippen LogP contribution in [0.25, 0.3) is 6.08 Å². The van der Waals surface area contributed by atoms with Gasteiger partial charge in [-0.05, 0) is 25.3 Å². The van der Waals surface area contributed by atoms with E-state index >= 15 is 0 Å². The summed E-state index contributed by atoms with van der Waals surface area (Å²) < 4.78 is 1.89. The lowest BCUT2D eigenvalue weighted by molar-refractivity contribution is -0.123. The number of ketones is 2. The number of carbonyl (C=O) groups excluding carboxylic acids is 2. The number of carbonyl (C=O) groups is 2. The van der Waals surface area contributed by atoms with Crippen molar-refractivity contribution in [1.82, 2.24) is 9.55 Å². The quantitative estimate of drug-likeness (QED) is 0.445. The van der Waals surface area contributed by atoms with Gasteiger partial charge in [-0.15, -0.1) is 0 Å². The predicted octanol–water partition coefficient (Wildman–Crippen LogP) is 1.70. The van der Waals surface area contributed by atoms with Crippen molar-refractivity contribution in [2.24, 2.45) is 7.05 Å². The molecule has 4 nitrogen and oxygen atoms in total. The number of imidazole rings is 1. The Kier molecular flexibility index (Phi) is 4.49. The second kappa shape index (κ2) is 5.65. The largest absolute Gasteiger partial charge is 0.323 e. The molecule has 0 N–H and O–H groups in total. The van der Waals surface area contributed by atoms with Crippen LogP contribution in [0.3, 0.4) is 0 Å². The highest BCUT2D eigenvalue weighted by atomic mass is 32.2. The van der Waals surface area contributed by atoms with Gasteiger partial charge in [0.25, 0.3) is 0 Å². The SMILES string of the molecule is CSc1ncc(C=CC(=O)CC(C)=O)n1C. The molecule has 0 aliphatic heterocycles. The van der Waals surface area contributed by atoms with E-state index in [9.17, 15) is 9.59 Å². The van der Waals surface area contributed by atoms with E-state index in [2.05, 4.69) is 4.98 Å². The molecule has 0 spiro atoms. The van der Waals surface area contributed by atoms with Gasteiger partial charge >= 0.3 is 0 Å². The average Bonchev–Trinajstić information content (AvgIpc) is 2.55. The van der Waals surface area contributed by atoms with Crippen LogP contribution in [0, 0.1) is 0 Å². The molecule has 0 saturated carbocycles. The fourth-order valence-electron chi connectivity index (χ4n) is 1.23. The van der Waals surface area contributed by atoms with Crippen molar-refractivity contribution >= 4 is 29.4 Å². The molecule has 0 bridgehead atoms. The highest BCUT2D eigenvalue weighted by Gasteiger charge is 2.04. The van der Waals surface area contributed by atoms with Crippen molar-refractivity contribution in [3.8, 4) is 0 Å². The van der Waals surface area contributed by atoms with Gasteiger partial charge in [0.05, 0.1) is 18.3 Å². The lowest BCUT2D eigenvalue weighted by atomic mass is 10.2. The van der Waals surface area contributed by atoms with Gasteiger partial charge in [0.1, 0.15) is 5.78 Å². The van der Waals surface area contributed by atoms with Crippen LogP contribution >= 0.6 is 11.8 Å². The number of Topliss-reactive ketones (excluding diaryl/α,β-unsaturated/α-hetero) is 1. The first kappa shape index (κ1) is 12.7. The van der Waals surface area contributed by atoms with E-state index in [4.69, 9.17) is 0 Å². The third kappa shape index (κ3) is 3.34. The van der Waals surface area contributed by atoms with Crippen LogP contribution in [-0.4, -0.2) is 27.4 Å². The molecule has 1 heterocycles. The lowest BCUT2D eigenvalue weighted by Crippen LogP contribution is -2.00. The topological polar surface area (TPSA) is 52.0 Å². The van der Waals surface area contributed by atoms with Gasteiger partial charge in [0.15, 0.2) is 10.9 Å². The Morgan fingerprint density at radius 2 is 2.25 bits per heavy atom. The Hall–Kier alpha value is -1.36. The summed E-state index contributed by atoms with van der Waals surface area (Å²) in [6, 6.07) is 0. The third-order valence-corrected chi connectivity index (χ3v) is 2.77. The van der Waals surface area contributed by atoms with Gasteiger partial charge in [0, 0.05) is 7.05 Å². The smallest absolute Gasteiger partial charge is 0.167 e. The van der Waals surface area contributed by atoms with E-state index in [0.29, 0.717) is 0 Å². The average molecular weight is 238 g/mol. The fraction of sp³-hybridized carbons (Fsp3) is 0.364. The van der Waals surface area contributed by atoms with Crippen LogP contribution < -0.4 is 0 Å². The van der Waals surface area contributed by atoms with Gasteiger partial charge in [-0.2, -0.15) is 0 Å². The van der Waals surface area contributed by atoms with Crippen LogP contribution in [0.4, 0.5) is 0 Å². The number of rotatable bonds is 5. The minimum atomic E-state index is -0.181.